The van der Waals surface area contributed by atoms with E-state index in [-0.39, 0.29) is 12.8 Å². The van der Waals surface area contributed by atoms with E-state index in [4.69, 9.17) is 5.11 Å². The first-order valence-electron chi connectivity index (χ1n) is 4.08. The number of esters is 1. The van der Waals surface area contributed by atoms with Gasteiger partial charge in [0.25, 0.3) is 0 Å². The molecule has 0 aliphatic rings. The molecule has 0 aromatic heterocycles. The number of hydrogen-bond donors (Lipinski definition) is 2. The molecule has 0 aromatic rings. The van der Waals surface area contributed by atoms with E-state index in [0.717, 1.165) is 25.7 Å². The quantitative estimate of drug-likeness (QED) is 0.388. The SMILES string of the molecule is CCCCCCOC(=O)C(=O)O.N. The molecule has 0 saturated carbocycles. The van der Waals surface area contributed by atoms with Crippen molar-refractivity contribution in [2.75, 3.05) is 6.61 Å². The van der Waals surface area contributed by atoms with Crippen molar-refractivity contribution in [3.63, 3.8) is 0 Å². The Labute approximate surface area is 77.7 Å². The molecule has 0 radical (unpaired) electrons. The lowest BCUT2D eigenvalue weighted by Gasteiger charge is -2.00. The molecule has 0 aromatic carbocycles. The minimum atomic E-state index is -1.52. The van der Waals surface area contributed by atoms with Gasteiger partial charge in [0.1, 0.15) is 0 Å². The molecule has 4 N–H and O–H groups in total. The molecule has 5 heteroatoms. The van der Waals surface area contributed by atoms with E-state index >= 15 is 0 Å². The van der Waals surface area contributed by atoms with E-state index in [0.29, 0.717) is 0 Å². The smallest absolute Gasteiger partial charge is 0.417 e. The number of carboxylic acids is 1. The van der Waals surface area contributed by atoms with Crippen LogP contribution >= 0.6 is 0 Å². The van der Waals surface area contributed by atoms with Crippen LogP contribution in [0.3, 0.4) is 0 Å². The normalized spacial score (nSPS) is 8.69. The largest absolute Gasteiger partial charge is 0.473 e. The molecule has 5 nitrogen and oxygen atoms in total. The van der Waals surface area contributed by atoms with Crippen molar-refractivity contribution in [3.05, 3.63) is 0 Å². The van der Waals surface area contributed by atoms with Crippen LogP contribution in [0, 0.1) is 0 Å². The summed E-state index contributed by atoms with van der Waals surface area (Å²) in [6.07, 6.45) is 3.91. The predicted octanol–water partition coefficient (Wildman–Crippen LogP) is 1.36. The van der Waals surface area contributed by atoms with Crippen LogP contribution in [0.15, 0.2) is 0 Å². The van der Waals surface area contributed by atoms with Gasteiger partial charge in [-0.15, -0.1) is 0 Å². The fourth-order valence-corrected chi connectivity index (χ4v) is 0.755. The molecule has 78 valence electrons. The molecular formula is C8H17NO4. The van der Waals surface area contributed by atoms with Gasteiger partial charge >= 0.3 is 11.9 Å². The fraction of sp³-hybridized carbons (Fsp3) is 0.750. The van der Waals surface area contributed by atoms with Gasteiger partial charge in [-0.3, -0.25) is 0 Å². The summed E-state index contributed by atoms with van der Waals surface area (Å²) in [7, 11) is 0. The summed E-state index contributed by atoms with van der Waals surface area (Å²) in [4.78, 5) is 20.3. The molecular weight excluding hydrogens is 174 g/mol. The van der Waals surface area contributed by atoms with Crippen molar-refractivity contribution in [2.24, 2.45) is 0 Å². The van der Waals surface area contributed by atoms with Crippen LogP contribution in [-0.4, -0.2) is 23.7 Å². The van der Waals surface area contributed by atoms with Crippen molar-refractivity contribution in [1.29, 1.82) is 0 Å². The Morgan fingerprint density at radius 2 is 1.85 bits per heavy atom. The number of aliphatic carboxylic acids is 1. The van der Waals surface area contributed by atoms with Gasteiger partial charge in [-0.1, -0.05) is 26.2 Å². The van der Waals surface area contributed by atoms with Crippen LogP contribution in [0.25, 0.3) is 0 Å². The molecule has 0 bridgehead atoms. The third-order valence-corrected chi connectivity index (χ3v) is 1.41. The van der Waals surface area contributed by atoms with E-state index < -0.39 is 11.9 Å². The minimum Gasteiger partial charge on any atom is -0.473 e. The van der Waals surface area contributed by atoms with Crippen molar-refractivity contribution >= 4 is 11.9 Å². The molecule has 0 atom stereocenters. The maximum Gasteiger partial charge on any atom is 0.417 e. The zero-order valence-corrected chi connectivity index (χ0v) is 7.91. The Morgan fingerprint density at radius 1 is 1.23 bits per heavy atom. The van der Waals surface area contributed by atoms with Gasteiger partial charge in [0, 0.05) is 0 Å². The Kier molecular flexibility index (Phi) is 9.98. The fourth-order valence-electron chi connectivity index (χ4n) is 0.755. The summed E-state index contributed by atoms with van der Waals surface area (Å²) in [5.41, 5.74) is 0. The lowest BCUT2D eigenvalue weighted by molar-refractivity contribution is -0.163. The summed E-state index contributed by atoms with van der Waals surface area (Å²) in [6, 6.07) is 0. The minimum absolute atomic E-state index is 0. The van der Waals surface area contributed by atoms with Crippen LogP contribution < -0.4 is 6.15 Å². The Morgan fingerprint density at radius 3 is 2.31 bits per heavy atom. The topological polar surface area (TPSA) is 98.6 Å². The molecule has 0 rings (SSSR count). The molecule has 0 unspecified atom stereocenters. The second-order valence-corrected chi connectivity index (χ2v) is 2.50. The first-order chi connectivity index (χ1) is 5.68. The molecule has 0 amide bonds. The molecule has 0 spiro atoms. The van der Waals surface area contributed by atoms with E-state index in [9.17, 15) is 9.59 Å². The number of unbranched alkanes of at least 4 members (excludes halogenated alkanes) is 3. The number of carboxylic acid groups (broad SMARTS) is 1. The zero-order chi connectivity index (χ0) is 9.40. The van der Waals surface area contributed by atoms with Gasteiger partial charge in [-0.05, 0) is 6.42 Å². The number of carbonyl (C=O) groups is 2. The first kappa shape index (κ1) is 14.4. The van der Waals surface area contributed by atoms with Crippen molar-refractivity contribution in [1.82, 2.24) is 6.15 Å². The zero-order valence-electron chi connectivity index (χ0n) is 7.91. The lowest BCUT2D eigenvalue weighted by atomic mass is 10.2. The first-order valence-corrected chi connectivity index (χ1v) is 4.08. The monoisotopic (exact) mass is 191 g/mol. The van der Waals surface area contributed by atoms with Crippen molar-refractivity contribution in [3.8, 4) is 0 Å². The van der Waals surface area contributed by atoms with E-state index in [1.807, 2.05) is 0 Å². The third-order valence-electron chi connectivity index (χ3n) is 1.41. The predicted molar refractivity (Wildman–Crippen MR) is 47.8 cm³/mol. The maximum absolute atomic E-state index is 10.4. The third kappa shape index (κ3) is 8.81. The summed E-state index contributed by atoms with van der Waals surface area (Å²) < 4.78 is 4.41. The number of carbonyl (C=O) groups excluding carboxylic acids is 1. The second kappa shape index (κ2) is 8.99. The molecule has 13 heavy (non-hydrogen) atoms. The van der Waals surface area contributed by atoms with Gasteiger partial charge in [0.05, 0.1) is 6.61 Å². The average molecular weight is 191 g/mol. The summed E-state index contributed by atoms with van der Waals surface area (Å²) in [5.74, 6) is -2.68. The van der Waals surface area contributed by atoms with Gasteiger partial charge in [0.15, 0.2) is 0 Å². The van der Waals surface area contributed by atoms with Crippen molar-refractivity contribution in [2.45, 2.75) is 32.6 Å². The van der Waals surface area contributed by atoms with E-state index in [1.54, 1.807) is 0 Å². The summed E-state index contributed by atoms with van der Waals surface area (Å²) in [6.45, 7) is 2.29. The average Bonchev–Trinajstić information content (AvgIpc) is 2.03. The highest BCUT2D eigenvalue weighted by Crippen LogP contribution is 1.98. The number of hydrogen-bond acceptors (Lipinski definition) is 4. The van der Waals surface area contributed by atoms with Crippen LogP contribution in [0.4, 0.5) is 0 Å². The molecule has 0 aliphatic heterocycles. The molecule has 0 fully saturated rings. The van der Waals surface area contributed by atoms with Crippen LogP contribution in [-0.2, 0) is 14.3 Å². The second-order valence-electron chi connectivity index (χ2n) is 2.50. The number of ether oxygens (including phenoxy) is 1. The highest BCUT2D eigenvalue weighted by atomic mass is 16.6. The van der Waals surface area contributed by atoms with Crippen LogP contribution in [0.1, 0.15) is 32.6 Å². The summed E-state index contributed by atoms with van der Waals surface area (Å²) in [5, 5.41) is 8.11. The Hall–Kier alpha value is -1.10. The molecule has 0 aliphatic carbocycles. The van der Waals surface area contributed by atoms with Crippen LogP contribution in [0.5, 0.6) is 0 Å². The maximum atomic E-state index is 10.4. The molecule has 0 saturated heterocycles. The van der Waals surface area contributed by atoms with E-state index in [1.165, 1.54) is 0 Å². The van der Waals surface area contributed by atoms with Crippen LogP contribution in [0.2, 0.25) is 0 Å². The highest BCUT2D eigenvalue weighted by molar-refractivity contribution is 6.28. The van der Waals surface area contributed by atoms with Gasteiger partial charge < -0.3 is 16.0 Å². The Bertz CT molecular complexity index is 158. The van der Waals surface area contributed by atoms with E-state index in [2.05, 4.69) is 11.7 Å². The lowest BCUT2D eigenvalue weighted by Crippen LogP contribution is -2.16. The highest BCUT2D eigenvalue weighted by Gasteiger charge is 2.11. The van der Waals surface area contributed by atoms with Gasteiger partial charge in [-0.25, -0.2) is 9.59 Å². The van der Waals surface area contributed by atoms with Crippen molar-refractivity contribution < 1.29 is 19.4 Å². The number of rotatable bonds is 5. The molecule has 0 heterocycles. The standard InChI is InChI=1S/C8H14O4.H3N/c1-2-3-4-5-6-12-8(11)7(9)10;/h2-6H2,1H3,(H,9,10);1H3. The van der Waals surface area contributed by atoms with Gasteiger partial charge in [-0.2, -0.15) is 0 Å². The summed E-state index contributed by atoms with van der Waals surface area (Å²) >= 11 is 0. The Balaban J connectivity index is 0. The van der Waals surface area contributed by atoms with Gasteiger partial charge in [0.2, 0.25) is 0 Å².